The van der Waals surface area contributed by atoms with Crippen LogP contribution >= 0.6 is 0 Å². The maximum Gasteiger partial charge on any atom is 0.267 e. The smallest absolute Gasteiger partial charge is 0.267 e. The zero-order chi connectivity index (χ0) is 22.7. The van der Waals surface area contributed by atoms with Gasteiger partial charge in [0.1, 0.15) is 11.8 Å². The fraction of sp³-hybridized carbons (Fsp3) is 0.320. The van der Waals surface area contributed by atoms with Crippen molar-refractivity contribution in [2.75, 3.05) is 38.2 Å². The number of aryl methyl sites for hydroxylation is 1. The molecule has 4 rings (SSSR count). The predicted octanol–water partition coefficient (Wildman–Crippen LogP) is 3.14. The van der Waals surface area contributed by atoms with E-state index in [-0.39, 0.29) is 11.5 Å². The molecule has 7 nitrogen and oxygen atoms in total. The summed E-state index contributed by atoms with van der Waals surface area (Å²) in [5.74, 6) is 0.658. The zero-order valence-corrected chi connectivity index (χ0v) is 18.7. The van der Waals surface area contributed by atoms with Crippen LogP contribution < -0.4 is 15.2 Å². The summed E-state index contributed by atoms with van der Waals surface area (Å²) in [6.07, 6.45) is 0. The lowest BCUT2D eigenvalue weighted by atomic mass is 10.1. The van der Waals surface area contributed by atoms with Crippen molar-refractivity contribution in [3.63, 3.8) is 0 Å². The Balaban J connectivity index is 1.47. The number of ether oxygens (including phenoxy) is 1. The summed E-state index contributed by atoms with van der Waals surface area (Å²) >= 11 is 0. The van der Waals surface area contributed by atoms with E-state index in [0.717, 1.165) is 24.4 Å². The van der Waals surface area contributed by atoms with Crippen molar-refractivity contribution >= 4 is 11.6 Å². The fourth-order valence-corrected chi connectivity index (χ4v) is 4.00. The third-order valence-corrected chi connectivity index (χ3v) is 5.89. The van der Waals surface area contributed by atoms with Crippen molar-refractivity contribution in [1.29, 1.82) is 0 Å². The van der Waals surface area contributed by atoms with E-state index >= 15 is 0 Å². The number of piperazine rings is 1. The van der Waals surface area contributed by atoms with Crippen LogP contribution in [0.25, 0.3) is 11.3 Å². The zero-order valence-electron chi connectivity index (χ0n) is 18.7. The fourth-order valence-electron chi connectivity index (χ4n) is 4.00. The molecule has 1 aliphatic heterocycles. The number of hydrogen-bond acceptors (Lipinski definition) is 5. The van der Waals surface area contributed by atoms with Gasteiger partial charge in [-0.2, -0.15) is 5.10 Å². The molecule has 0 spiro atoms. The first kappa shape index (κ1) is 21.6. The van der Waals surface area contributed by atoms with Crippen molar-refractivity contribution in [3.05, 3.63) is 76.6 Å². The van der Waals surface area contributed by atoms with Gasteiger partial charge in [0.15, 0.2) is 0 Å². The average molecular weight is 433 g/mol. The van der Waals surface area contributed by atoms with Gasteiger partial charge in [-0.05, 0) is 61.9 Å². The number of methoxy groups -OCH3 is 1. The van der Waals surface area contributed by atoms with E-state index in [1.807, 2.05) is 29.2 Å². The van der Waals surface area contributed by atoms with E-state index in [2.05, 4.69) is 41.2 Å². The number of carbonyl (C=O) groups excluding carboxylic acids is 1. The number of anilines is 1. The van der Waals surface area contributed by atoms with Crippen LogP contribution in [0.1, 0.15) is 18.5 Å². The summed E-state index contributed by atoms with van der Waals surface area (Å²) in [7, 11) is 1.61. The van der Waals surface area contributed by atoms with E-state index in [4.69, 9.17) is 4.74 Å². The Morgan fingerprint density at radius 3 is 2.38 bits per heavy atom. The molecule has 166 valence electrons. The minimum absolute atomic E-state index is 0.0876. The molecule has 7 heteroatoms. The Morgan fingerprint density at radius 2 is 1.72 bits per heavy atom. The molecule has 3 aromatic rings. The third kappa shape index (κ3) is 4.51. The van der Waals surface area contributed by atoms with Gasteiger partial charge in [0.25, 0.3) is 5.56 Å². The highest BCUT2D eigenvalue weighted by molar-refractivity contribution is 5.80. The minimum Gasteiger partial charge on any atom is -0.497 e. The van der Waals surface area contributed by atoms with E-state index in [0.29, 0.717) is 18.8 Å². The molecular formula is C25H28N4O3. The van der Waals surface area contributed by atoms with Crippen molar-refractivity contribution in [2.45, 2.75) is 19.9 Å². The summed E-state index contributed by atoms with van der Waals surface area (Å²) in [5.41, 5.74) is 3.59. The third-order valence-electron chi connectivity index (χ3n) is 5.89. The van der Waals surface area contributed by atoms with Gasteiger partial charge in [-0.25, -0.2) is 4.68 Å². The number of amides is 1. The Hall–Kier alpha value is -3.61. The molecule has 1 aliphatic rings. The van der Waals surface area contributed by atoms with Crippen LogP contribution in [0.2, 0.25) is 0 Å². The first-order valence-electron chi connectivity index (χ1n) is 10.8. The molecule has 0 aliphatic carbocycles. The lowest BCUT2D eigenvalue weighted by Crippen LogP contribution is -2.51. The number of hydrogen-bond donors (Lipinski definition) is 0. The monoisotopic (exact) mass is 432 g/mol. The number of benzene rings is 2. The second-order valence-corrected chi connectivity index (χ2v) is 8.06. The molecule has 0 radical (unpaired) electrons. The Morgan fingerprint density at radius 1 is 1.00 bits per heavy atom. The van der Waals surface area contributed by atoms with Gasteiger partial charge in [0, 0.05) is 43.5 Å². The number of aromatic nitrogens is 2. The average Bonchev–Trinajstić information content (AvgIpc) is 2.83. The van der Waals surface area contributed by atoms with E-state index in [1.54, 1.807) is 20.1 Å². The van der Waals surface area contributed by atoms with Crippen molar-refractivity contribution in [2.24, 2.45) is 0 Å². The standard InChI is InChI=1S/C25H28N4O3/c1-18-5-4-6-21(17-18)27-13-15-28(16-14-27)25(31)19(2)29-24(30)12-11-23(26-29)20-7-9-22(32-3)10-8-20/h4-12,17,19H,13-16H2,1-3H3. The molecule has 2 aromatic carbocycles. The topological polar surface area (TPSA) is 67.7 Å². The van der Waals surface area contributed by atoms with Gasteiger partial charge in [-0.15, -0.1) is 0 Å². The Kier molecular flexibility index (Phi) is 6.25. The molecule has 32 heavy (non-hydrogen) atoms. The van der Waals surface area contributed by atoms with Gasteiger partial charge in [-0.1, -0.05) is 12.1 Å². The summed E-state index contributed by atoms with van der Waals surface area (Å²) in [4.78, 5) is 29.8. The second-order valence-electron chi connectivity index (χ2n) is 8.06. The van der Waals surface area contributed by atoms with E-state index in [9.17, 15) is 9.59 Å². The molecule has 0 saturated carbocycles. The molecular weight excluding hydrogens is 404 g/mol. The summed E-state index contributed by atoms with van der Waals surface area (Å²) in [5, 5.41) is 4.49. The highest BCUT2D eigenvalue weighted by Gasteiger charge is 2.27. The summed E-state index contributed by atoms with van der Waals surface area (Å²) < 4.78 is 6.48. The van der Waals surface area contributed by atoms with Crippen LogP contribution in [0.3, 0.4) is 0 Å². The maximum absolute atomic E-state index is 13.2. The Labute approximate surface area is 187 Å². The van der Waals surface area contributed by atoms with Crippen LogP contribution in [-0.2, 0) is 4.79 Å². The Bertz CT molecular complexity index is 1150. The molecule has 1 saturated heterocycles. The SMILES string of the molecule is COc1ccc(-c2ccc(=O)n(C(C)C(=O)N3CCN(c4cccc(C)c4)CC3)n2)cc1. The normalized spacial score (nSPS) is 14.8. The molecule has 1 atom stereocenters. The van der Waals surface area contributed by atoms with Crippen LogP contribution in [0.15, 0.2) is 65.5 Å². The highest BCUT2D eigenvalue weighted by atomic mass is 16.5. The van der Waals surface area contributed by atoms with E-state index in [1.165, 1.54) is 22.0 Å². The molecule has 0 bridgehead atoms. The molecule has 0 N–H and O–H groups in total. The number of nitrogens with zero attached hydrogens (tertiary/aromatic N) is 4. The molecule has 2 heterocycles. The minimum atomic E-state index is -0.675. The van der Waals surface area contributed by atoms with Crippen LogP contribution in [0.5, 0.6) is 5.75 Å². The lowest BCUT2D eigenvalue weighted by molar-refractivity contribution is -0.135. The maximum atomic E-state index is 13.2. The quantitative estimate of drug-likeness (QED) is 0.620. The van der Waals surface area contributed by atoms with Crippen LogP contribution in [0.4, 0.5) is 5.69 Å². The number of rotatable bonds is 5. The molecule has 1 amide bonds. The summed E-state index contributed by atoms with van der Waals surface area (Å²) in [6, 6.07) is 18.3. The van der Waals surface area contributed by atoms with Crippen molar-refractivity contribution in [1.82, 2.24) is 14.7 Å². The van der Waals surface area contributed by atoms with Crippen LogP contribution in [-0.4, -0.2) is 53.9 Å². The van der Waals surface area contributed by atoms with Gasteiger partial charge in [0.05, 0.1) is 12.8 Å². The molecule has 1 aromatic heterocycles. The first-order chi connectivity index (χ1) is 15.5. The molecule has 1 unspecified atom stereocenters. The first-order valence-corrected chi connectivity index (χ1v) is 10.8. The molecule has 1 fully saturated rings. The van der Waals surface area contributed by atoms with Crippen molar-refractivity contribution < 1.29 is 9.53 Å². The number of carbonyl (C=O) groups is 1. The second kappa shape index (κ2) is 9.26. The predicted molar refractivity (Wildman–Crippen MR) is 125 cm³/mol. The summed E-state index contributed by atoms with van der Waals surface area (Å²) in [6.45, 7) is 6.57. The highest BCUT2D eigenvalue weighted by Crippen LogP contribution is 2.21. The van der Waals surface area contributed by atoms with Crippen molar-refractivity contribution in [3.8, 4) is 17.0 Å². The van der Waals surface area contributed by atoms with Gasteiger partial charge < -0.3 is 14.5 Å². The van der Waals surface area contributed by atoms with Gasteiger partial charge in [0.2, 0.25) is 5.91 Å². The van der Waals surface area contributed by atoms with Crippen LogP contribution in [0, 0.1) is 6.92 Å². The van der Waals surface area contributed by atoms with E-state index < -0.39 is 6.04 Å². The lowest BCUT2D eigenvalue weighted by Gasteiger charge is -2.37. The van der Waals surface area contributed by atoms with Gasteiger partial charge in [-0.3, -0.25) is 9.59 Å². The van der Waals surface area contributed by atoms with Gasteiger partial charge >= 0.3 is 0 Å². The largest absolute Gasteiger partial charge is 0.497 e.